The Morgan fingerprint density at radius 1 is 1.38 bits per heavy atom. The van der Waals surface area contributed by atoms with Crippen molar-refractivity contribution < 1.29 is 4.42 Å². The lowest BCUT2D eigenvalue weighted by molar-refractivity contribution is 0.409. The van der Waals surface area contributed by atoms with Gasteiger partial charge in [0.15, 0.2) is 0 Å². The van der Waals surface area contributed by atoms with Crippen molar-refractivity contribution >= 4 is 0 Å². The van der Waals surface area contributed by atoms with Crippen molar-refractivity contribution in [2.24, 2.45) is 0 Å². The van der Waals surface area contributed by atoms with Gasteiger partial charge in [-0.3, -0.25) is 0 Å². The van der Waals surface area contributed by atoms with E-state index in [0.29, 0.717) is 18.4 Å². The molecular weight excluding hydrogens is 166 g/mol. The summed E-state index contributed by atoms with van der Waals surface area (Å²) in [5.41, 5.74) is 0. The molecule has 0 saturated carbocycles. The molecule has 1 unspecified atom stereocenters. The summed E-state index contributed by atoms with van der Waals surface area (Å²) in [7, 11) is 0. The summed E-state index contributed by atoms with van der Waals surface area (Å²) in [6.07, 6.45) is 1.03. The molecule has 0 aromatic carbocycles. The second kappa shape index (κ2) is 4.97. The first-order valence-electron chi connectivity index (χ1n) is 4.80. The van der Waals surface area contributed by atoms with E-state index in [2.05, 4.69) is 29.4 Å². The third kappa shape index (κ3) is 2.81. The predicted molar refractivity (Wildman–Crippen MR) is 50.4 cm³/mol. The van der Waals surface area contributed by atoms with Gasteiger partial charge in [0.1, 0.15) is 0 Å². The monoisotopic (exact) mass is 183 g/mol. The lowest BCUT2D eigenvalue weighted by Crippen LogP contribution is -2.11. The van der Waals surface area contributed by atoms with Crippen LogP contribution in [0.5, 0.6) is 0 Å². The highest BCUT2D eigenvalue weighted by Gasteiger charge is 2.11. The average molecular weight is 183 g/mol. The maximum Gasteiger partial charge on any atom is 0.230 e. The molecule has 0 aliphatic carbocycles. The first-order valence-corrected chi connectivity index (χ1v) is 4.80. The molecule has 0 radical (unpaired) electrons. The normalized spacial score (nSPS) is 13.2. The van der Waals surface area contributed by atoms with Crippen molar-refractivity contribution in [2.45, 2.75) is 39.7 Å². The van der Waals surface area contributed by atoms with Crippen LogP contribution in [0.3, 0.4) is 0 Å². The van der Waals surface area contributed by atoms with Gasteiger partial charge in [-0.2, -0.15) is 0 Å². The molecule has 0 fully saturated rings. The molecule has 4 heteroatoms. The zero-order chi connectivity index (χ0) is 9.68. The van der Waals surface area contributed by atoms with Crippen molar-refractivity contribution in [1.82, 2.24) is 15.5 Å². The van der Waals surface area contributed by atoms with E-state index in [1.807, 2.05) is 6.92 Å². The van der Waals surface area contributed by atoms with Gasteiger partial charge in [0.2, 0.25) is 11.8 Å². The highest BCUT2D eigenvalue weighted by Crippen LogP contribution is 2.16. The van der Waals surface area contributed by atoms with Gasteiger partial charge < -0.3 is 9.73 Å². The summed E-state index contributed by atoms with van der Waals surface area (Å²) in [5.74, 6) is 1.79. The molecule has 1 atom stereocenters. The Bertz CT molecular complexity index is 247. The Kier molecular flexibility index (Phi) is 3.89. The second-order valence-corrected chi connectivity index (χ2v) is 3.12. The minimum absolute atomic E-state index is 0.364. The molecule has 1 aromatic heterocycles. The first-order chi connectivity index (χ1) is 6.27. The summed E-state index contributed by atoms with van der Waals surface area (Å²) in [4.78, 5) is 0. The molecule has 0 aliphatic rings. The Hall–Kier alpha value is -0.900. The summed E-state index contributed by atoms with van der Waals surface area (Å²) >= 11 is 0. The fourth-order valence-corrected chi connectivity index (χ4v) is 0.944. The van der Waals surface area contributed by atoms with Crippen molar-refractivity contribution in [2.75, 3.05) is 6.54 Å². The molecule has 74 valence electrons. The zero-order valence-electron chi connectivity index (χ0n) is 8.50. The van der Waals surface area contributed by atoms with E-state index in [-0.39, 0.29) is 0 Å². The number of hydrogen-bond donors (Lipinski definition) is 1. The first kappa shape index (κ1) is 10.2. The summed E-state index contributed by atoms with van der Waals surface area (Å²) in [6, 6.07) is 0. The van der Waals surface area contributed by atoms with Crippen LogP contribution in [0.4, 0.5) is 0 Å². The molecule has 13 heavy (non-hydrogen) atoms. The van der Waals surface area contributed by atoms with Crippen molar-refractivity contribution in [3.05, 3.63) is 11.8 Å². The molecule has 0 spiro atoms. The molecule has 1 heterocycles. The van der Waals surface area contributed by atoms with Gasteiger partial charge in [-0.05, 0) is 13.0 Å². The molecule has 4 nitrogen and oxygen atoms in total. The number of aromatic nitrogens is 2. The molecule has 0 bridgehead atoms. The van der Waals surface area contributed by atoms with E-state index in [1.54, 1.807) is 0 Å². The minimum Gasteiger partial charge on any atom is -0.424 e. The van der Waals surface area contributed by atoms with Crippen molar-refractivity contribution in [1.29, 1.82) is 0 Å². The summed E-state index contributed by atoms with van der Waals surface area (Å²) in [5, 5.41) is 11.1. The van der Waals surface area contributed by atoms with Crippen LogP contribution in [0.15, 0.2) is 4.42 Å². The van der Waals surface area contributed by atoms with Crippen LogP contribution in [0, 0.1) is 0 Å². The standard InChI is InChI=1S/C9H17N3O/c1-4-7(3)9-12-11-8(13-9)6-10-5-2/h7,10H,4-6H2,1-3H3. The molecular formula is C9H17N3O. The van der Waals surface area contributed by atoms with Gasteiger partial charge in [0, 0.05) is 5.92 Å². The highest BCUT2D eigenvalue weighted by atomic mass is 16.4. The molecule has 1 rings (SSSR count). The summed E-state index contributed by atoms with van der Waals surface area (Å²) < 4.78 is 5.45. The molecule has 0 saturated heterocycles. The highest BCUT2D eigenvalue weighted by molar-refractivity contribution is 4.88. The van der Waals surface area contributed by atoms with Gasteiger partial charge in [-0.15, -0.1) is 10.2 Å². The van der Waals surface area contributed by atoms with Gasteiger partial charge in [0.25, 0.3) is 0 Å². The largest absolute Gasteiger partial charge is 0.424 e. The van der Waals surface area contributed by atoms with Crippen LogP contribution in [0.25, 0.3) is 0 Å². The average Bonchev–Trinajstić information content (AvgIpc) is 2.62. The predicted octanol–water partition coefficient (Wildman–Crippen LogP) is 1.69. The van der Waals surface area contributed by atoms with Gasteiger partial charge in [-0.1, -0.05) is 20.8 Å². The van der Waals surface area contributed by atoms with Crippen LogP contribution in [0.2, 0.25) is 0 Å². The van der Waals surface area contributed by atoms with Crippen LogP contribution >= 0.6 is 0 Å². The lowest BCUT2D eigenvalue weighted by Gasteiger charge is -1.99. The van der Waals surface area contributed by atoms with Crippen LogP contribution in [-0.4, -0.2) is 16.7 Å². The Balaban J connectivity index is 2.53. The van der Waals surface area contributed by atoms with Gasteiger partial charge in [0.05, 0.1) is 6.54 Å². The van der Waals surface area contributed by atoms with E-state index in [4.69, 9.17) is 4.42 Å². The number of rotatable bonds is 5. The molecule has 1 aromatic rings. The van der Waals surface area contributed by atoms with E-state index in [0.717, 1.165) is 18.9 Å². The maximum absolute atomic E-state index is 5.45. The third-order valence-corrected chi connectivity index (χ3v) is 2.04. The van der Waals surface area contributed by atoms with Crippen molar-refractivity contribution in [3.8, 4) is 0 Å². The fraction of sp³-hybridized carbons (Fsp3) is 0.778. The molecule has 1 N–H and O–H groups in total. The van der Waals surface area contributed by atoms with Crippen LogP contribution in [-0.2, 0) is 6.54 Å². The van der Waals surface area contributed by atoms with Crippen LogP contribution in [0.1, 0.15) is 44.9 Å². The van der Waals surface area contributed by atoms with Crippen LogP contribution < -0.4 is 5.32 Å². The SMILES string of the molecule is CCNCc1nnc(C(C)CC)o1. The lowest BCUT2D eigenvalue weighted by atomic mass is 10.1. The second-order valence-electron chi connectivity index (χ2n) is 3.12. The minimum atomic E-state index is 0.364. The summed E-state index contributed by atoms with van der Waals surface area (Å²) in [6.45, 7) is 7.83. The van der Waals surface area contributed by atoms with Gasteiger partial charge in [-0.25, -0.2) is 0 Å². The van der Waals surface area contributed by atoms with E-state index in [1.165, 1.54) is 0 Å². The quantitative estimate of drug-likeness (QED) is 0.754. The Morgan fingerprint density at radius 2 is 2.15 bits per heavy atom. The molecule has 0 aliphatic heterocycles. The smallest absolute Gasteiger partial charge is 0.230 e. The van der Waals surface area contributed by atoms with E-state index in [9.17, 15) is 0 Å². The number of nitrogens with one attached hydrogen (secondary N) is 1. The zero-order valence-corrected chi connectivity index (χ0v) is 8.50. The number of nitrogens with zero attached hydrogens (tertiary/aromatic N) is 2. The third-order valence-electron chi connectivity index (χ3n) is 2.04. The molecule has 0 amide bonds. The Morgan fingerprint density at radius 3 is 2.77 bits per heavy atom. The topological polar surface area (TPSA) is 51.0 Å². The Labute approximate surface area is 78.7 Å². The van der Waals surface area contributed by atoms with E-state index < -0.39 is 0 Å². The fourth-order valence-electron chi connectivity index (χ4n) is 0.944. The number of hydrogen-bond acceptors (Lipinski definition) is 4. The van der Waals surface area contributed by atoms with Gasteiger partial charge >= 0.3 is 0 Å². The van der Waals surface area contributed by atoms with E-state index >= 15 is 0 Å². The maximum atomic E-state index is 5.45. The van der Waals surface area contributed by atoms with Crippen molar-refractivity contribution in [3.63, 3.8) is 0 Å².